The fraction of sp³-hybridized carbons (Fsp3) is 0.160. The zero-order valence-electron chi connectivity index (χ0n) is 62.1. The molecule has 0 radical (unpaired) electrons. The summed E-state index contributed by atoms with van der Waals surface area (Å²) < 4.78 is 5.13. The van der Waals surface area contributed by atoms with Crippen molar-refractivity contribution in [3.63, 3.8) is 0 Å². The van der Waals surface area contributed by atoms with Crippen LogP contribution in [0.25, 0.3) is 118 Å². The lowest BCUT2D eigenvalue weighted by atomic mass is 9.33. The minimum absolute atomic E-state index is 0.0909. The van der Waals surface area contributed by atoms with Crippen molar-refractivity contribution in [3.8, 4) is 77.9 Å². The van der Waals surface area contributed by atoms with E-state index in [9.17, 15) is 0 Å². The van der Waals surface area contributed by atoms with Crippen LogP contribution in [0, 0.1) is 0 Å². The third-order valence-electron chi connectivity index (χ3n) is 22.2. The van der Waals surface area contributed by atoms with Gasteiger partial charge in [-0.1, -0.05) is 301 Å². The van der Waals surface area contributed by atoms with Crippen LogP contribution in [0.4, 0.5) is 34.1 Å². The quantitative estimate of drug-likeness (QED) is 0.133. The molecular formula is C100H85BN2S2. The largest absolute Gasteiger partial charge is 0.310 e. The van der Waals surface area contributed by atoms with Gasteiger partial charge in [-0.15, -0.1) is 22.7 Å². The monoisotopic (exact) mass is 1390 g/mol. The predicted molar refractivity (Wildman–Crippen MR) is 459 cm³/mol. The predicted octanol–water partition coefficient (Wildman–Crippen LogP) is 27.4. The molecule has 2 nitrogen and oxygen atoms in total. The Kier molecular flexibility index (Phi) is 15.7. The highest BCUT2D eigenvalue weighted by Gasteiger charge is 2.46. The SMILES string of the molecule is CC(C)(C)c1cc(-c2ccc3c(c2)N(c2c(-c4ccccc4)cc(C(C)(C)C)cc2-c2ccccc2)c2cccc4c2B3c2cc(-c3cccc(-c5ccccc5)c3)ccc2N4c2c(-c3cccc4sc5ccccc5c34)cc(C(C)(C)C)cc2-c2cccc3sc4ccccc4c23)cc(C(C)(C)C)c1. The van der Waals surface area contributed by atoms with E-state index in [1.165, 1.54) is 157 Å². The maximum atomic E-state index is 2.75. The van der Waals surface area contributed by atoms with Crippen LogP contribution in [0.3, 0.4) is 0 Å². The summed E-state index contributed by atoms with van der Waals surface area (Å²) in [5.41, 5.74) is 32.0. The number of hydrogen-bond donors (Lipinski definition) is 0. The lowest BCUT2D eigenvalue weighted by Crippen LogP contribution is -2.61. The summed E-state index contributed by atoms with van der Waals surface area (Å²) in [6, 6.07) is 115. The first-order chi connectivity index (χ1) is 50.6. The fourth-order valence-corrected chi connectivity index (χ4v) is 18.9. The molecule has 0 atom stereocenters. The van der Waals surface area contributed by atoms with Crippen LogP contribution in [-0.4, -0.2) is 6.71 Å². The van der Waals surface area contributed by atoms with Gasteiger partial charge in [0.15, 0.2) is 0 Å². The second kappa shape index (κ2) is 24.9. The topological polar surface area (TPSA) is 6.48 Å². The number of hydrogen-bond acceptors (Lipinski definition) is 4. The summed E-state index contributed by atoms with van der Waals surface area (Å²) in [5.74, 6) is 0. The Morgan fingerprint density at radius 1 is 0.238 bits per heavy atom. The molecule has 0 unspecified atom stereocenters. The van der Waals surface area contributed by atoms with Crippen molar-refractivity contribution in [2.45, 2.75) is 105 Å². The van der Waals surface area contributed by atoms with Crippen molar-refractivity contribution in [2.24, 2.45) is 0 Å². The Morgan fingerprint density at radius 3 is 1.13 bits per heavy atom. The van der Waals surface area contributed by atoms with Gasteiger partial charge in [0.1, 0.15) is 0 Å². The van der Waals surface area contributed by atoms with Gasteiger partial charge < -0.3 is 9.80 Å². The molecular weight excluding hydrogens is 1300 g/mol. The average molecular weight is 1390 g/mol. The number of nitrogens with zero attached hydrogens (tertiary/aromatic N) is 2. The molecule has 4 heterocycles. The summed E-state index contributed by atoms with van der Waals surface area (Å²) in [7, 11) is 0. The maximum absolute atomic E-state index is 2.75. The molecule has 510 valence electrons. The van der Waals surface area contributed by atoms with Crippen LogP contribution in [0.1, 0.15) is 105 Å². The Hall–Kier alpha value is -10.8. The van der Waals surface area contributed by atoms with Crippen LogP contribution < -0.4 is 26.2 Å². The Bertz CT molecular complexity index is 5920. The average Bonchev–Trinajstić information content (AvgIpc) is 1.02. The van der Waals surface area contributed by atoms with Crippen molar-refractivity contribution in [2.75, 3.05) is 9.80 Å². The van der Waals surface area contributed by atoms with Gasteiger partial charge in [0.2, 0.25) is 0 Å². The fourth-order valence-electron chi connectivity index (χ4n) is 16.6. The van der Waals surface area contributed by atoms with Gasteiger partial charge in [-0.2, -0.15) is 0 Å². The molecule has 2 aromatic heterocycles. The van der Waals surface area contributed by atoms with Gasteiger partial charge >= 0.3 is 0 Å². The minimum Gasteiger partial charge on any atom is -0.310 e. The molecule has 105 heavy (non-hydrogen) atoms. The standard InChI is InChI=1S/C100H85BN2S2/c1-97(2,3)70-53-69(54-71(57-70)98(4,5)6)68-48-50-82-87(56-68)103(95-78(63-32-18-14-19-33-63)58-72(99(7,8)9)59-79(95)64-34-20-15-21-35-64)86-43-29-42-85-94(86)101(82)83-55-67(66-37-26-36-65(52-66)62-30-16-13-17-31-62)49-51-84(83)102(85)96-80(74-40-27-46-90-92(74)76-38-22-24-44-88(76)104-90)60-73(100(10,11)12)61-81(96)75-41-28-47-91-93(75)77-39-23-25-45-89(77)105-91/h13-61H,1-12H3. The molecule has 2 aliphatic heterocycles. The molecule has 0 fully saturated rings. The zero-order chi connectivity index (χ0) is 72.0. The highest BCUT2D eigenvalue weighted by Crippen LogP contribution is 2.57. The Balaban J connectivity index is 1.02. The summed E-state index contributed by atoms with van der Waals surface area (Å²) in [6.45, 7) is 28.2. The number of anilines is 6. The summed E-state index contributed by atoms with van der Waals surface area (Å²) in [5, 5.41) is 5.12. The van der Waals surface area contributed by atoms with Crippen molar-refractivity contribution < 1.29 is 0 Å². The van der Waals surface area contributed by atoms with Gasteiger partial charge in [0.25, 0.3) is 6.71 Å². The van der Waals surface area contributed by atoms with E-state index in [2.05, 4.69) is 390 Å². The smallest absolute Gasteiger partial charge is 0.252 e. The summed E-state index contributed by atoms with van der Waals surface area (Å²) >= 11 is 3.79. The van der Waals surface area contributed by atoms with Crippen LogP contribution in [0.15, 0.2) is 297 Å². The van der Waals surface area contributed by atoms with Crippen molar-refractivity contribution in [1.82, 2.24) is 0 Å². The normalized spacial score (nSPS) is 13.1. The molecule has 0 bridgehead atoms. The molecule has 2 aliphatic rings. The molecule has 5 heteroatoms. The summed E-state index contributed by atoms with van der Waals surface area (Å²) in [6.07, 6.45) is 0. The first-order valence-electron chi connectivity index (χ1n) is 37.2. The molecule has 0 aliphatic carbocycles. The Labute approximate surface area is 627 Å². The molecule has 16 aromatic rings. The van der Waals surface area contributed by atoms with Crippen LogP contribution in [0.2, 0.25) is 0 Å². The third-order valence-corrected chi connectivity index (χ3v) is 24.5. The van der Waals surface area contributed by atoms with Gasteiger partial charge in [0, 0.05) is 85.3 Å². The molecule has 0 saturated heterocycles. The number of benzene rings is 14. The van der Waals surface area contributed by atoms with Crippen molar-refractivity contribution >= 4 is 120 Å². The number of thiophene rings is 2. The molecule has 0 amide bonds. The van der Waals surface area contributed by atoms with Crippen LogP contribution in [-0.2, 0) is 21.7 Å². The molecule has 0 saturated carbocycles. The number of fused-ring (bicyclic) bond motifs is 10. The van der Waals surface area contributed by atoms with E-state index in [0.29, 0.717) is 0 Å². The zero-order valence-corrected chi connectivity index (χ0v) is 63.7. The highest BCUT2D eigenvalue weighted by atomic mass is 32.1. The van der Waals surface area contributed by atoms with Gasteiger partial charge in [-0.25, -0.2) is 0 Å². The van der Waals surface area contributed by atoms with Crippen LogP contribution >= 0.6 is 22.7 Å². The molecule has 18 rings (SSSR count). The van der Waals surface area contributed by atoms with Crippen LogP contribution in [0.5, 0.6) is 0 Å². The van der Waals surface area contributed by atoms with E-state index < -0.39 is 0 Å². The van der Waals surface area contributed by atoms with E-state index in [1.807, 2.05) is 22.7 Å². The van der Waals surface area contributed by atoms with Gasteiger partial charge in [0.05, 0.1) is 11.4 Å². The Morgan fingerprint density at radius 2 is 0.619 bits per heavy atom. The second-order valence-corrected chi connectivity index (χ2v) is 35.4. The van der Waals surface area contributed by atoms with Crippen molar-refractivity contribution in [3.05, 3.63) is 320 Å². The maximum Gasteiger partial charge on any atom is 0.252 e. The second-order valence-electron chi connectivity index (χ2n) is 33.2. The minimum atomic E-state index is -0.238. The van der Waals surface area contributed by atoms with E-state index in [4.69, 9.17) is 0 Å². The number of rotatable bonds is 9. The third kappa shape index (κ3) is 11.4. The van der Waals surface area contributed by atoms with E-state index >= 15 is 0 Å². The lowest BCUT2D eigenvalue weighted by molar-refractivity contribution is 0.569. The lowest BCUT2D eigenvalue weighted by Gasteiger charge is -2.46. The highest BCUT2D eigenvalue weighted by molar-refractivity contribution is 7.26. The first-order valence-corrected chi connectivity index (χ1v) is 38.9. The van der Waals surface area contributed by atoms with E-state index in [0.717, 1.165) is 34.1 Å². The van der Waals surface area contributed by atoms with E-state index in [-0.39, 0.29) is 28.4 Å². The van der Waals surface area contributed by atoms with E-state index in [1.54, 1.807) is 0 Å². The van der Waals surface area contributed by atoms with Gasteiger partial charge in [-0.3, -0.25) is 0 Å². The first kappa shape index (κ1) is 66.2. The van der Waals surface area contributed by atoms with Gasteiger partial charge in [-0.05, 0) is 195 Å². The van der Waals surface area contributed by atoms with Crippen molar-refractivity contribution in [1.29, 1.82) is 0 Å². The molecule has 14 aromatic carbocycles. The molecule has 0 spiro atoms. The molecule has 0 N–H and O–H groups in total. The summed E-state index contributed by atoms with van der Waals surface area (Å²) in [4.78, 5) is 5.47.